The standard InChI is InChI=1S/C12H24N2O/c1-10(7-13-11-5-6-11)8-14(4)12(2,3)9-15/h11,13,15H,1,5-9H2,2-4H3. The van der Waals surface area contributed by atoms with Gasteiger partial charge in [0.05, 0.1) is 6.61 Å². The molecule has 88 valence electrons. The zero-order chi connectivity index (χ0) is 11.5. The number of nitrogens with zero attached hydrogens (tertiary/aromatic N) is 1. The quantitative estimate of drug-likeness (QED) is 0.618. The van der Waals surface area contributed by atoms with Crippen LogP contribution in [0.1, 0.15) is 26.7 Å². The van der Waals surface area contributed by atoms with Crippen LogP contribution < -0.4 is 5.32 Å². The van der Waals surface area contributed by atoms with E-state index in [0.717, 1.165) is 19.1 Å². The van der Waals surface area contributed by atoms with Crippen LogP contribution in [0, 0.1) is 0 Å². The molecule has 0 heterocycles. The molecule has 0 amide bonds. The lowest BCUT2D eigenvalue weighted by atomic mass is 10.0. The topological polar surface area (TPSA) is 35.5 Å². The van der Waals surface area contributed by atoms with Gasteiger partial charge in [-0.25, -0.2) is 0 Å². The number of likely N-dealkylation sites (N-methyl/N-ethyl adjacent to an activating group) is 1. The highest BCUT2D eigenvalue weighted by molar-refractivity contribution is 5.03. The summed E-state index contributed by atoms with van der Waals surface area (Å²) in [6.45, 7) is 10.0. The zero-order valence-electron chi connectivity index (χ0n) is 10.2. The van der Waals surface area contributed by atoms with Crippen molar-refractivity contribution in [3.63, 3.8) is 0 Å². The average molecular weight is 212 g/mol. The van der Waals surface area contributed by atoms with E-state index in [2.05, 4.69) is 16.8 Å². The lowest BCUT2D eigenvalue weighted by Crippen LogP contribution is -2.45. The maximum atomic E-state index is 9.22. The Bertz CT molecular complexity index is 222. The molecule has 1 aliphatic carbocycles. The highest BCUT2D eigenvalue weighted by atomic mass is 16.3. The van der Waals surface area contributed by atoms with Gasteiger partial charge in [0.15, 0.2) is 0 Å². The third kappa shape index (κ3) is 4.33. The van der Waals surface area contributed by atoms with E-state index in [9.17, 15) is 5.11 Å². The van der Waals surface area contributed by atoms with Crippen LogP contribution in [0.25, 0.3) is 0 Å². The van der Waals surface area contributed by atoms with Crippen LogP contribution in [-0.4, -0.2) is 48.3 Å². The van der Waals surface area contributed by atoms with Gasteiger partial charge in [-0.15, -0.1) is 0 Å². The molecule has 0 aromatic carbocycles. The van der Waals surface area contributed by atoms with Gasteiger partial charge in [-0.2, -0.15) is 0 Å². The van der Waals surface area contributed by atoms with Crippen LogP contribution in [0.3, 0.4) is 0 Å². The molecule has 0 atom stereocenters. The van der Waals surface area contributed by atoms with E-state index >= 15 is 0 Å². The third-order valence-electron chi connectivity index (χ3n) is 3.10. The summed E-state index contributed by atoms with van der Waals surface area (Å²) in [5.41, 5.74) is 1.02. The largest absolute Gasteiger partial charge is 0.394 e. The van der Waals surface area contributed by atoms with Crippen molar-refractivity contribution in [1.82, 2.24) is 10.2 Å². The molecule has 0 aromatic heterocycles. The first-order chi connectivity index (χ1) is 6.95. The molecule has 1 aliphatic rings. The molecule has 0 aliphatic heterocycles. The Morgan fingerprint density at radius 3 is 2.60 bits per heavy atom. The van der Waals surface area contributed by atoms with Crippen LogP contribution >= 0.6 is 0 Å². The molecule has 15 heavy (non-hydrogen) atoms. The Balaban J connectivity index is 2.23. The molecule has 0 saturated heterocycles. The number of hydrogen-bond acceptors (Lipinski definition) is 3. The van der Waals surface area contributed by atoms with Crippen LogP contribution in [-0.2, 0) is 0 Å². The molecule has 1 fully saturated rings. The Kier molecular flexibility index (Phi) is 4.32. The van der Waals surface area contributed by atoms with Gasteiger partial charge in [-0.1, -0.05) is 6.58 Å². The highest BCUT2D eigenvalue weighted by Crippen LogP contribution is 2.19. The Morgan fingerprint density at radius 2 is 2.13 bits per heavy atom. The molecule has 2 N–H and O–H groups in total. The molecule has 3 heteroatoms. The minimum absolute atomic E-state index is 0.164. The summed E-state index contributed by atoms with van der Waals surface area (Å²) in [5, 5.41) is 12.7. The fourth-order valence-corrected chi connectivity index (χ4v) is 1.30. The number of hydrogen-bond donors (Lipinski definition) is 2. The van der Waals surface area contributed by atoms with Crippen molar-refractivity contribution in [1.29, 1.82) is 0 Å². The van der Waals surface area contributed by atoms with Crippen molar-refractivity contribution in [2.24, 2.45) is 0 Å². The SMILES string of the molecule is C=C(CNC1CC1)CN(C)C(C)(C)CO. The first kappa shape index (κ1) is 12.7. The monoisotopic (exact) mass is 212 g/mol. The van der Waals surface area contributed by atoms with E-state index in [1.807, 2.05) is 20.9 Å². The van der Waals surface area contributed by atoms with Crippen LogP contribution in [0.2, 0.25) is 0 Å². The number of nitrogens with one attached hydrogen (secondary N) is 1. The van der Waals surface area contributed by atoms with E-state index in [0.29, 0.717) is 0 Å². The van der Waals surface area contributed by atoms with Crippen molar-refractivity contribution in [3.8, 4) is 0 Å². The minimum Gasteiger partial charge on any atom is -0.394 e. The average Bonchev–Trinajstić information content (AvgIpc) is 2.98. The maximum Gasteiger partial charge on any atom is 0.0610 e. The van der Waals surface area contributed by atoms with Crippen molar-refractivity contribution < 1.29 is 5.11 Å². The Labute approximate surface area is 93.2 Å². The minimum atomic E-state index is -0.164. The lowest BCUT2D eigenvalue weighted by molar-refractivity contribution is 0.0863. The summed E-state index contributed by atoms with van der Waals surface area (Å²) in [7, 11) is 2.03. The van der Waals surface area contributed by atoms with E-state index in [-0.39, 0.29) is 12.1 Å². The summed E-state index contributed by atoms with van der Waals surface area (Å²) < 4.78 is 0. The second-order valence-corrected chi connectivity index (χ2v) is 5.23. The number of aliphatic hydroxyl groups is 1. The zero-order valence-corrected chi connectivity index (χ0v) is 10.2. The van der Waals surface area contributed by atoms with Crippen LogP contribution in [0.15, 0.2) is 12.2 Å². The van der Waals surface area contributed by atoms with Gasteiger partial charge in [-0.3, -0.25) is 4.90 Å². The molecule has 0 aromatic rings. The Morgan fingerprint density at radius 1 is 1.53 bits per heavy atom. The van der Waals surface area contributed by atoms with Gasteiger partial charge in [0.1, 0.15) is 0 Å². The molecule has 0 unspecified atom stereocenters. The molecular formula is C12H24N2O. The molecular weight excluding hydrogens is 188 g/mol. The van der Waals surface area contributed by atoms with Crippen molar-refractivity contribution in [3.05, 3.63) is 12.2 Å². The number of aliphatic hydroxyl groups excluding tert-OH is 1. The molecule has 1 saturated carbocycles. The van der Waals surface area contributed by atoms with Crippen molar-refractivity contribution >= 4 is 0 Å². The summed E-state index contributed by atoms with van der Waals surface area (Å²) in [6.07, 6.45) is 2.62. The maximum absolute atomic E-state index is 9.22. The lowest BCUT2D eigenvalue weighted by Gasteiger charge is -2.34. The highest BCUT2D eigenvalue weighted by Gasteiger charge is 2.23. The van der Waals surface area contributed by atoms with E-state index in [1.165, 1.54) is 18.4 Å². The summed E-state index contributed by atoms with van der Waals surface area (Å²) >= 11 is 0. The summed E-state index contributed by atoms with van der Waals surface area (Å²) in [6, 6.07) is 0.734. The smallest absolute Gasteiger partial charge is 0.0610 e. The van der Waals surface area contributed by atoms with E-state index in [4.69, 9.17) is 0 Å². The van der Waals surface area contributed by atoms with E-state index in [1.54, 1.807) is 0 Å². The van der Waals surface area contributed by atoms with Crippen molar-refractivity contribution in [2.75, 3.05) is 26.7 Å². The fraction of sp³-hybridized carbons (Fsp3) is 0.833. The second-order valence-electron chi connectivity index (χ2n) is 5.23. The molecule has 1 rings (SSSR count). The van der Waals surface area contributed by atoms with Crippen LogP contribution in [0.4, 0.5) is 0 Å². The van der Waals surface area contributed by atoms with E-state index < -0.39 is 0 Å². The van der Waals surface area contributed by atoms with Crippen LogP contribution in [0.5, 0.6) is 0 Å². The summed E-state index contributed by atoms with van der Waals surface area (Å²) in [5.74, 6) is 0. The first-order valence-electron chi connectivity index (χ1n) is 5.68. The van der Waals surface area contributed by atoms with Gasteiger partial charge in [0.2, 0.25) is 0 Å². The predicted molar refractivity (Wildman–Crippen MR) is 64.0 cm³/mol. The van der Waals surface area contributed by atoms with Gasteiger partial charge in [0.25, 0.3) is 0 Å². The Hall–Kier alpha value is -0.380. The van der Waals surface area contributed by atoms with Crippen molar-refractivity contribution in [2.45, 2.75) is 38.3 Å². The van der Waals surface area contributed by atoms with Gasteiger partial charge >= 0.3 is 0 Å². The normalized spacial score (nSPS) is 17.1. The molecule has 0 radical (unpaired) electrons. The molecule has 0 bridgehead atoms. The fourth-order valence-electron chi connectivity index (χ4n) is 1.30. The third-order valence-corrected chi connectivity index (χ3v) is 3.10. The molecule has 0 spiro atoms. The summed E-state index contributed by atoms with van der Waals surface area (Å²) in [4.78, 5) is 2.14. The second kappa shape index (κ2) is 5.10. The van der Waals surface area contributed by atoms with Gasteiger partial charge < -0.3 is 10.4 Å². The van der Waals surface area contributed by atoms with Gasteiger partial charge in [0, 0.05) is 24.7 Å². The predicted octanol–water partition coefficient (Wildman–Crippen LogP) is 0.997. The first-order valence-corrected chi connectivity index (χ1v) is 5.68. The van der Waals surface area contributed by atoms with Gasteiger partial charge in [-0.05, 0) is 39.3 Å². The number of rotatable bonds is 7. The molecule has 3 nitrogen and oxygen atoms in total.